The second kappa shape index (κ2) is 8.67. The van der Waals surface area contributed by atoms with Gasteiger partial charge in [-0.25, -0.2) is 4.39 Å². The summed E-state index contributed by atoms with van der Waals surface area (Å²) in [6.07, 6.45) is 0. The van der Waals surface area contributed by atoms with Crippen molar-refractivity contribution in [2.45, 2.75) is 19.8 Å². The van der Waals surface area contributed by atoms with E-state index in [1.807, 2.05) is 55.1 Å². The first-order valence-electron chi connectivity index (χ1n) is 10.0. The van der Waals surface area contributed by atoms with Crippen LogP contribution >= 0.6 is 0 Å². The molecule has 1 saturated heterocycles. The second-order valence-electron chi connectivity index (χ2n) is 7.39. The van der Waals surface area contributed by atoms with Crippen molar-refractivity contribution in [2.75, 3.05) is 26.3 Å². The number of aliphatic imine (C=N–C) groups is 1. The first kappa shape index (κ1) is 20.1. The zero-order valence-electron chi connectivity index (χ0n) is 17.1. The molecule has 1 aliphatic rings. The van der Waals surface area contributed by atoms with Crippen molar-refractivity contribution >= 4 is 11.8 Å². The van der Waals surface area contributed by atoms with Gasteiger partial charge in [-0.1, -0.05) is 54.5 Å². The highest BCUT2D eigenvalue weighted by molar-refractivity contribution is 5.80. The van der Waals surface area contributed by atoms with Crippen molar-refractivity contribution < 1.29 is 13.7 Å². The molecular weight excluding hydrogens is 383 g/mol. The first-order chi connectivity index (χ1) is 14.5. The number of halogens is 1. The molecule has 0 saturated carbocycles. The lowest BCUT2D eigenvalue weighted by Crippen LogP contribution is -2.44. The van der Waals surface area contributed by atoms with Gasteiger partial charge in [0.05, 0.1) is 18.9 Å². The van der Waals surface area contributed by atoms with Gasteiger partial charge in [-0.15, -0.1) is 0 Å². The molecule has 0 bridgehead atoms. The topological polar surface area (TPSA) is 76.9 Å². The Hall–Kier alpha value is -3.19. The highest BCUT2D eigenvalue weighted by atomic mass is 19.1. The second-order valence-corrected chi connectivity index (χ2v) is 7.39. The smallest absolute Gasteiger partial charge is 0.256 e. The van der Waals surface area contributed by atoms with Crippen LogP contribution in [0.1, 0.15) is 29.7 Å². The van der Waals surface area contributed by atoms with Crippen LogP contribution in [0.5, 0.6) is 0 Å². The Bertz CT molecular complexity index is 1040. The molecule has 0 spiro atoms. The SMILES string of the molecule is Cc1c(C(C)c2ccc(-c3ccccc3)c(F)c2)noc1/N=C(/N)N1CCOCC1. The van der Waals surface area contributed by atoms with Crippen LogP contribution in [0.25, 0.3) is 11.1 Å². The Balaban J connectivity index is 1.57. The molecule has 156 valence electrons. The van der Waals surface area contributed by atoms with Crippen LogP contribution in [0.4, 0.5) is 10.3 Å². The lowest BCUT2D eigenvalue weighted by atomic mass is 9.93. The van der Waals surface area contributed by atoms with Crippen LogP contribution in [-0.4, -0.2) is 42.3 Å². The minimum atomic E-state index is -0.262. The average Bonchev–Trinajstić information content (AvgIpc) is 3.14. The molecule has 2 heterocycles. The summed E-state index contributed by atoms with van der Waals surface area (Å²) < 4.78 is 25.6. The number of nitrogens with zero attached hydrogens (tertiary/aromatic N) is 3. The maximum atomic E-state index is 14.8. The molecule has 0 radical (unpaired) electrons. The fourth-order valence-electron chi connectivity index (χ4n) is 3.62. The van der Waals surface area contributed by atoms with E-state index < -0.39 is 0 Å². The molecule has 1 fully saturated rings. The van der Waals surface area contributed by atoms with Crippen molar-refractivity contribution in [3.8, 4) is 11.1 Å². The van der Waals surface area contributed by atoms with Gasteiger partial charge in [-0.05, 0) is 24.1 Å². The number of nitrogens with two attached hydrogens (primary N) is 1. The van der Waals surface area contributed by atoms with Crippen molar-refractivity contribution in [3.05, 3.63) is 71.2 Å². The van der Waals surface area contributed by atoms with Gasteiger partial charge >= 0.3 is 0 Å². The van der Waals surface area contributed by atoms with Gasteiger partial charge in [-0.3, -0.25) is 0 Å². The van der Waals surface area contributed by atoms with E-state index in [1.165, 1.54) is 0 Å². The minimum Gasteiger partial charge on any atom is -0.378 e. The largest absolute Gasteiger partial charge is 0.378 e. The minimum absolute atomic E-state index is 0.151. The van der Waals surface area contributed by atoms with E-state index in [4.69, 9.17) is 15.0 Å². The third kappa shape index (κ3) is 4.07. The fourth-order valence-corrected chi connectivity index (χ4v) is 3.62. The van der Waals surface area contributed by atoms with E-state index in [9.17, 15) is 4.39 Å². The molecule has 2 aromatic carbocycles. The van der Waals surface area contributed by atoms with Crippen LogP contribution in [0, 0.1) is 12.7 Å². The predicted molar refractivity (Wildman–Crippen MR) is 114 cm³/mol. The molecule has 3 aromatic rings. The van der Waals surface area contributed by atoms with Gasteiger partial charge in [0.15, 0.2) is 5.96 Å². The Labute approximate surface area is 175 Å². The number of benzene rings is 2. The molecule has 30 heavy (non-hydrogen) atoms. The number of hydrogen-bond acceptors (Lipinski definition) is 4. The van der Waals surface area contributed by atoms with E-state index in [-0.39, 0.29) is 11.7 Å². The quantitative estimate of drug-likeness (QED) is 0.517. The van der Waals surface area contributed by atoms with Crippen molar-refractivity contribution in [3.63, 3.8) is 0 Å². The summed E-state index contributed by atoms with van der Waals surface area (Å²) in [5, 5.41) is 4.20. The summed E-state index contributed by atoms with van der Waals surface area (Å²) in [5.41, 5.74) is 9.88. The summed E-state index contributed by atoms with van der Waals surface area (Å²) in [5.74, 6) is 0.348. The molecule has 7 heteroatoms. The van der Waals surface area contributed by atoms with Crippen LogP contribution in [-0.2, 0) is 4.74 Å². The monoisotopic (exact) mass is 408 g/mol. The van der Waals surface area contributed by atoms with Crippen LogP contribution in [0.3, 0.4) is 0 Å². The van der Waals surface area contributed by atoms with Gasteiger partial charge in [0.25, 0.3) is 5.88 Å². The average molecular weight is 408 g/mol. The van der Waals surface area contributed by atoms with Crippen LogP contribution < -0.4 is 5.73 Å². The van der Waals surface area contributed by atoms with Crippen molar-refractivity contribution in [1.29, 1.82) is 0 Å². The summed E-state index contributed by atoms with van der Waals surface area (Å²) in [4.78, 5) is 6.36. The van der Waals surface area contributed by atoms with Crippen LogP contribution in [0.15, 0.2) is 58.0 Å². The molecule has 1 aliphatic heterocycles. The zero-order valence-corrected chi connectivity index (χ0v) is 17.1. The lowest BCUT2D eigenvalue weighted by molar-refractivity contribution is 0.0675. The Kier molecular flexibility index (Phi) is 5.81. The van der Waals surface area contributed by atoms with Gasteiger partial charge in [0.2, 0.25) is 0 Å². The molecule has 0 aliphatic carbocycles. The third-order valence-electron chi connectivity index (χ3n) is 5.47. The number of rotatable bonds is 4. The highest BCUT2D eigenvalue weighted by Gasteiger charge is 2.21. The summed E-state index contributed by atoms with van der Waals surface area (Å²) >= 11 is 0. The maximum absolute atomic E-state index is 14.8. The highest BCUT2D eigenvalue weighted by Crippen LogP contribution is 2.33. The summed E-state index contributed by atoms with van der Waals surface area (Å²) in [6.45, 7) is 6.50. The number of morpholine rings is 1. The molecule has 4 rings (SSSR count). The van der Waals surface area contributed by atoms with Crippen LogP contribution in [0.2, 0.25) is 0 Å². The van der Waals surface area contributed by atoms with Gasteiger partial charge in [0, 0.05) is 30.1 Å². The number of aromatic nitrogens is 1. The molecule has 1 aromatic heterocycles. The molecule has 2 N–H and O–H groups in total. The van der Waals surface area contributed by atoms with E-state index in [2.05, 4.69) is 10.1 Å². The molecule has 1 unspecified atom stereocenters. The van der Waals surface area contributed by atoms with Gasteiger partial charge < -0.3 is 19.9 Å². The molecule has 1 atom stereocenters. The summed E-state index contributed by atoms with van der Waals surface area (Å²) in [6, 6.07) is 14.8. The Morgan fingerprint density at radius 3 is 2.60 bits per heavy atom. The third-order valence-corrected chi connectivity index (χ3v) is 5.47. The summed E-state index contributed by atoms with van der Waals surface area (Å²) in [7, 11) is 0. The molecule has 6 nitrogen and oxygen atoms in total. The first-order valence-corrected chi connectivity index (χ1v) is 10.0. The number of guanidine groups is 1. The van der Waals surface area contributed by atoms with E-state index in [0.717, 1.165) is 22.4 Å². The van der Waals surface area contributed by atoms with Gasteiger partial charge in [0.1, 0.15) is 5.82 Å². The van der Waals surface area contributed by atoms with Gasteiger partial charge in [-0.2, -0.15) is 4.99 Å². The fraction of sp³-hybridized carbons (Fsp3) is 0.304. The Morgan fingerprint density at radius 2 is 1.90 bits per heavy atom. The Morgan fingerprint density at radius 1 is 1.17 bits per heavy atom. The van der Waals surface area contributed by atoms with Crippen molar-refractivity contribution in [1.82, 2.24) is 10.1 Å². The number of hydrogen-bond donors (Lipinski definition) is 1. The number of ether oxygens (including phenoxy) is 1. The van der Waals surface area contributed by atoms with Crippen molar-refractivity contribution in [2.24, 2.45) is 10.7 Å². The maximum Gasteiger partial charge on any atom is 0.256 e. The molecular formula is C23H25FN4O2. The normalized spacial score (nSPS) is 16.0. The van der Waals surface area contributed by atoms with E-state index >= 15 is 0 Å². The zero-order chi connectivity index (χ0) is 21.1. The van der Waals surface area contributed by atoms with E-state index in [1.54, 1.807) is 12.1 Å². The standard InChI is InChI=1S/C23H25FN4O2/c1-15(18-8-9-19(20(24)14-18)17-6-4-3-5-7-17)21-16(2)22(30-27-21)26-23(25)28-10-12-29-13-11-28/h3-9,14-15H,10-13H2,1-2H3,(H2,25,26). The lowest BCUT2D eigenvalue weighted by Gasteiger charge is -2.27. The predicted octanol–water partition coefficient (Wildman–Crippen LogP) is 4.22. The van der Waals surface area contributed by atoms with E-state index in [0.29, 0.717) is 43.7 Å². The molecule has 0 amide bonds.